The molecule has 1 N–H and O–H groups in total. The standard InChI is InChI=1S/C9H9N3S/c1-10-9-11-5-4-7(12-9)8-3-2-6-13-8/h2-6H,1H3,(H,10,11,12). The fourth-order valence-electron chi connectivity index (χ4n) is 1.04. The topological polar surface area (TPSA) is 37.8 Å². The van der Waals surface area contributed by atoms with Crippen molar-refractivity contribution in [1.29, 1.82) is 0 Å². The monoisotopic (exact) mass is 191 g/mol. The molecule has 0 amide bonds. The van der Waals surface area contributed by atoms with Gasteiger partial charge in [-0.25, -0.2) is 9.97 Å². The number of nitrogens with zero attached hydrogens (tertiary/aromatic N) is 2. The first-order chi connectivity index (χ1) is 6.40. The summed E-state index contributed by atoms with van der Waals surface area (Å²) in [6, 6.07) is 5.97. The first-order valence-corrected chi connectivity index (χ1v) is 4.83. The van der Waals surface area contributed by atoms with Gasteiger partial charge in [0.1, 0.15) is 0 Å². The summed E-state index contributed by atoms with van der Waals surface area (Å²) >= 11 is 1.68. The van der Waals surface area contributed by atoms with E-state index < -0.39 is 0 Å². The van der Waals surface area contributed by atoms with Crippen molar-refractivity contribution in [1.82, 2.24) is 9.97 Å². The predicted molar refractivity (Wildman–Crippen MR) is 54.9 cm³/mol. The average molecular weight is 191 g/mol. The zero-order valence-corrected chi connectivity index (χ0v) is 8.01. The maximum atomic E-state index is 4.32. The minimum absolute atomic E-state index is 0.658. The molecule has 0 bridgehead atoms. The fraction of sp³-hybridized carbons (Fsp3) is 0.111. The number of thiophene rings is 1. The van der Waals surface area contributed by atoms with Crippen molar-refractivity contribution in [3.63, 3.8) is 0 Å². The molecule has 0 unspecified atom stereocenters. The molecule has 2 aromatic heterocycles. The van der Waals surface area contributed by atoms with Crippen LogP contribution in [0.5, 0.6) is 0 Å². The zero-order valence-electron chi connectivity index (χ0n) is 7.19. The van der Waals surface area contributed by atoms with Crippen LogP contribution in [0.25, 0.3) is 10.6 Å². The van der Waals surface area contributed by atoms with Gasteiger partial charge in [-0.3, -0.25) is 0 Å². The van der Waals surface area contributed by atoms with Gasteiger partial charge in [0, 0.05) is 13.2 Å². The highest BCUT2D eigenvalue weighted by molar-refractivity contribution is 7.13. The molecule has 0 aliphatic heterocycles. The quantitative estimate of drug-likeness (QED) is 0.791. The molecule has 0 saturated carbocycles. The van der Waals surface area contributed by atoms with Crippen LogP contribution < -0.4 is 5.32 Å². The number of hydrogen-bond donors (Lipinski definition) is 1. The highest BCUT2D eigenvalue weighted by Gasteiger charge is 2.00. The molecule has 2 heterocycles. The Balaban J connectivity index is 2.41. The van der Waals surface area contributed by atoms with Crippen LogP contribution in [-0.2, 0) is 0 Å². The summed E-state index contributed by atoms with van der Waals surface area (Å²) in [7, 11) is 1.81. The Morgan fingerprint density at radius 2 is 2.31 bits per heavy atom. The molecular weight excluding hydrogens is 182 g/mol. The van der Waals surface area contributed by atoms with Crippen LogP contribution in [0, 0.1) is 0 Å². The summed E-state index contributed by atoms with van der Waals surface area (Å²) in [4.78, 5) is 9.54. The molecule has 66 valence electrons. The number of hydrogen-bond acceptors (Lipinski definition) is 4. The summed E-state index contributed by atoms with van der Waals surface area (Å²) in [5, 5.41) is 4.95. The van der Waals surface area contributed by atoms with Gasteiger partial charge < -0.3 is 5.32 Å². The van der Waals surface area contributed by atoms with Crippen molar-refractivity contribution in [2.75, 3.05) is 12.4 Å². The van der Waals surface area contributed by atoms with Crippen molar-refractivity contribution in [3.05, 3.63) is 29.8 Å². The van der Waals surface area contributed by atoms with E-state index in [1.807, 2.05) is 30.6 Å². The summed E-state index contributed by atoms with van der Waals surface area (Å²) in [5.41, 5.74) is 0.967. The number of nitrogens with one attached hydrogen (secondary N) is 1. The molecule has 0 atom stereocenters. The van der Waals surface area contributed by atoms with Gasteiger partial charge in [0.25, 0.3) is 0 Å². The molecule has 0 aliphatic carbocycles. The third kappa shape index (κ3) is 1.67. The van der Waals surface area contributed by atoms with Gasteiger partial charge in [-0.15, -0.1) is 11.3 Å². The van der Waals surface area contributed by atoms with Crippen LogP contribution in [0.4, 0.5) is 5.95 Å². The molecule has 0 aromatic carbocycles. The van der Waals surface area contributed by atoms with Crippen LogP contribution in [0.2, 0.25) is 0 Å². The normalized spacial score (nSPS) is 9.92. The molecule has 0 radical (unpaired) electrons. The van der Waals surface area contributed by atoms with Gasteiger partial charge in [-0.2, -0.15) is 0 Å². The minimum Gasteiger partial charge on any atom is -0.357 e. The largest absolute Gasteiger partial charge is 0.357 e. The predicted octanol–water partition coefficient (Wildman–Crippen LogP) is 2.25. The third-order valence-corrected chi connectivity index (χ3v) is 2.55. The van der Waals surface area contributed by atoms with Crippen LogP contribution in [0.15, 0.2) is 29.8 Å². The number of rotatable bonds is 2. The Labute approximate surface area is 80.5 Å². The number of aromatic nitrogens is 2. The molecule has 4 heteroatoms. The first-order valence-electron chi connectivity index (χ1n) is 3.95. The van der Waals surface area contributed by atoms with Gasteiger partial charge in [0.05, 0.1) is 10.6 Å². The van der Waals surface area contributed by atoms with E-state index >= 15 is 0 Å². The van der Waals surface area contributed by atoms with E-state index in [0.29, 0.717) is 5.95 Å². The maximum Gasteiger partial charge on any atom is 0.222 e. The summed E-state index contributed by atoms with van der Waals surface area (Å²) in [5.74, 6) is 0.658. The van der Waals surface area contributed by atoms with Gasteiger partial charge in [0.2, 0.25) is 5.95 Å². The zero-order chi connectivity index (χ0) is 9.10. The van der Waals surface area contributed by atoms with Crippen LogP contribution >= 0.6 is 11.3 Å². The van der Waals surface area contributed by atoms with Crippen LogP contribution in [0.1, 0.15) is 0 Å². The summed E-state index contributed by atoms with van der Waals surface area (Å²) < 4.78 is 0. The van der Waals surface area contributed by atoms with E-state index in [-0.39, 0.29) is 0 Å². The van der Waals surface area contributed by atoms with E-state index in [1.165, 1.54) is 4.88 Å². The lowest BCUT2D eigenvalue weighted by Gasteiger charge is -1.99. The molecule has 0 spiro atoms. The molecule has 13 heavy (non-hydrogen) atoms. The van der Waals surface area contributed by atoms with Crippen molar-refractivity contribution in [3.8, 4) is 10.6 Å². The second-order valence-corrected chi connectivity index (χ2v) is 3.44. The van der Waals surface area contributed by atoms with Gasteiger partial charge in [0.15, 0.2) is 0 Å². The Hall–Kier alpha value is -1.42. The van der Waals surface area contributed by atoms with Gasteiger partial charge in [-0.1, -0.05) is 6.07 Å². The number of anilines is 1. The fourth-order valence-corrected chi connectivity index (χ4v) is 1.74. The van der Waals surface area contributed by atoms with E-state index in [2.05, 4.69) is 15.3 Å². The second-order valence-electron chi connectivity index (χ2n) is 2.49. The van der Waals surface area contributed by atoms with Crippen LogP contribution in [-0.4, -0.2) is 17.0 Å². The lowest BCUT2D eigenvalue weighted by atomic mass is 10.3. The second kappa shape index (κ2) is 3.53. The van der Waals surface area contributed by atoms with E-state index in [1.54, 1.807) is 17.5 Å². The maximum absolute atomic E-state index is 4.32. The third-order valence-electron chi connectivity index (χ3n) is 1.65. The van der Waals surface area contributed by atoms with Crippen molar-refractivity contribution in [2.45, 2.75) is 0 Å². The molecule has 2 rings (SSSR count). The highest BCUT2D eigenvalue weighted by Crippen LogP contribution is 2.22. The van der Waals surface area contributed by atoms with Crippen molar-refractivity contribution < 1.29 is 0 Å². The Morgan fingerprint density at radius 1 is 1.38 bits per heavy atom. The lowest BCUT2D eigenvalue weighted by molar-refractivity contribution is 1.16. The lowest BCUT2D eigenvalue weighted by Crippen LogP contribution is -1.95. The van der Waals surface area contributed by atoms with Gasteiger partial charge >= 0.3 is 0 Å². The smallest absolute Gasteiger partial charge is 0.222 e. The Kier molecular flexibility index (Phi) is 2.23. The first kappa shape index (κ1) is 8.19. The van der Waals surface area contributed by atoms with Crippen molar-refractivity contribution in [2.24, 2.45) is 0 Å². The Morgan fingerprint density at radius 3 is 3.00 bits per heavy atom. The van der Waals surface area contributed by atoms with E-state index in [4.69, 9.17) is 0 Å². The van der Waals surface area contributed by atoms with Crippen LogP contribution in [0.3, 0.4) is 0 Å². The summed E-state index contributed by atoms with van der Waals surface area (Å²) in [6.45, 7) is 0. The molecular formula is C9H9N3S. The molecule has 0 saturated heterocycles. The van der Waals surface area contributed by atoms with E-state index in [9.17, 15) is 0 Å². The molecule has 0 aliphatic rings. The molecule has 3 nitrogen and oxygen atoms in total. The Bertz CT molecular complexity index is 384. The molecule has 2 aromatic rings. The highest BCUT2D eigenvalue weighted by atomic mass is 32.1. The molecule has 0 fully saturated rings. The van der Waals surface area contributed by atoms with E-state index in [0.717, 1.165) is 5.69 Å². The SMILES string of the molecule is CNc1nccc(-c2cccs2)n1. The average Bonchev–Trinajstić information content (AvgIpc) is 2.71. The van der Waals surface area contributed by atoms with Gasteiger partial charge in [-0.05, 0) is 17.5 Å². The minimum atomic E-state index is 0.658. The summed E-state index contributed by atoms with van der Waals surface area (Å²) in [6.07, 6.45) is 1.76. The van der Waals surface area contributed by atoms with Crippen molar-refractivity contribution >= 4 is 17.3 Å².